The first kappa shape index (κ1) is 34.9. The van der Waals surface area contributed by atoms with Gasteiger partial charge in [-0.2, -0.15) is 0 Å². The average Bonchev–Trinajstić information content (AvgIpc) is 2.90. The minimum Gasteiger partial charge on any atom is -0.462 e. The monoisotopic (exact) mass is 522 g/mol. The first-order valence-corrected chi connectivity index (χ1v) is 14.6. The third kappa shape index (κ3) is 20.6. The van der Waals surface area contributed by atoms with Crippen molar-refractivity contribution in [3.8, 4) is 0 Å². The number of rotatable bonds is 23. The summed E-state index contributed by atoms with van der Waals surface area (Å²) in [4.78, 5) is 36.2. The zero-order valence-electron chi connectivity index (χ0n) is 24.4. The van der Waals surface area contributed by atoms with Gasteiger partial charge in [0.05, 0.1) is 0 Å². The Balaban J connectivity index is 3.97. The Morgan fingerprint density at radius 3 is 1.46 bits per heavy atom. The minimum atomic E-state index is -0.846. The molecule has 0 saturated carbocycles. The van der Waals surface area contributed by atoms with Gasteiger partial charge in [0.15, 0.2) is 6.10 Å². The van der Waals surface area contributed by atoms with Crippen LogP contribution in [0.1, 0.15) is 137 Å². The van der Waals surface area contributed by atoms with Gasteiger partial charge < -0.3 is 14.2 Å². The lowest BCUT2D eigenvalue weighted by Gasteiger charge is -2.18. The lowest BCUT2D eigenvalue weighted by molar-refractivity contribution is -0.163. The minimum absolute atomic E-state index is 0.136. The van der Waals surface area contributed by atoms with Gasteiger partial charge in [-0.15, -0.1) is 0 Å². The van der Waals surface area contributed by atoms with Gasteiger partial charge >= 0.3 is 17.9 Å². The molecule has 0 heterocycles. The predicted molar refractivity (Wildman–Crippen MR) is 150 cm³/mol. The van der Waals surface area contributed by atoms with Crippen LogP contribution in [0.3, 0.4) is 0 Å². The van der Waals surface area contributed by atoms with E-state index in [1.807, 2.05) is 0 Å². The van der Waals surface area contributed by atoms with Crippen LogP contribution in [-0.4, -0.2) is 37.2 Å². The lowest BCUT2D eigenvalue weighted by atomic mass is 10.0. The molecule has 0 fully saturated rings. The van der Waals surface area contributed by atoms with Crippen molar-refractivity contribution in [1.82, 2.24) is 0 Å². The molecule has 37 heavy (non-hydrogen) atoms. The molecular formula is C31H54O6. The summed E-state index contributed by atoms with van der Waals surface area (Å²) in [5.41, 5.74) is 0.893. The van der Waals surface area contributed by atoms with Crippen molar-refractivity contribution in [3.05, 3.63) is 23.3 Å². The van der Waals surface area contributed by atoms with Gasteiger partial charge in [0.25, 0.3) is 0 Å². The highest BCUT2D eigenvalue weighted by molar-refractivity contribution is 5.88. The third-order valence-electron chi connectivity index (χ3n) is 6.60. The Labute approximate surface area is 226 Å². The van der Waals surface area contributed by atoms with Gasteiger partial charge in [0.2, 0.25) is 0 Å². The van der Waals surface area contributed by atoms with Crippen molar-refractivity contribution in [3.63, 3.8) is 0 Å². The van der Waals surface area contributed by atoms with E-state index in [2.05, 4.69) is 6.92 Å². The fourth-order valence-electron chi connectivity index (χ4n) is 3.78. The molecule has 0 radical (unpaired) electrons. The number of unbranched alkanes of at least 4 members (excludes halogenated alkanes) is 14. The number of hydrogen-bond donors (Lipinski definition) is 0. The Bertz CT molecular complexity index is 679. The maximum Gasteiger partial charge on any atom is 0.333 e. The number of allylic oxidation sites excluding steroid dienone is 2. The van der Waals surface area contributed by atoms with E-state index >= 15 is 0 Å². The molecule has 0 unspecified atom stereocenters. The topological polar surface area (TPSA) is 78.9 Å². The van der Waals surface area contributed by atoms with Crippen molar-refractivity contribution in [2.75, 3.05) is 13.2 Å². The van der Waals surface area contributed by atoms with Gasteiger partial charge in [-0.25, -0.2) is 9.59 Å². The molecule has 6 heteroatoms. The van der Waals surface area contributed by atoms with Crippen LogP contribution in [-0.2, 0) is 28.6 Å². The Kier molecular flexibility index (Phi) is 22.9. The van der Waals surface area contributed by atoms with Crippen molar-refractivity contribution in [2.45, 2.75) is 143 Å². The molecule has 0 saturated heterocycles. The molecule has 0 amide bonds. The molecule has 0 aromatic heterocycles. The van der Waals surface area contributed by atoms with Crippen LogP contribution in [0.25, 0.3) is 0 Å². The molecule has 1 atom stereocenters. The summed E-state index contributed by atoms with van der Waals surface area (Å²) in [6, 6.07) is 0. The quantitative estimate of drug-likeness (QED) is 0.0582. The smallest absolute Gasteiger partial charge is 0.333 e. The molecule has 0 rings (SSSR count). The molecule has 0 aliphatic carbocycles. The van der Waals surface area contributed by atoms with Crippen LogP contribution in [0, 0.1) is 0 Å². The molecule has 0 aromatic carbocycles. The van der Waals surface area contributed by atoms with Crippen molar-refractivity contribution in [1.29, 1.82) is 0 Å². The highest BCUT2D eigenvalue weighted by Crippen LogP contribution is 2.14. The molecule has 0 spiro atoms. The zero-order valence-corrected chi connectivity index (χ0v) is 24.4. The summed E-state index contributed by atoms with van der Waals surface area (Å²) in [6.45, 7) is 8.71. The van der Waals surface area contributed by atoms with E-state index in [1.54, 1.807) is 39.8 Å². The molecule has 0 N–H and O–H groups in total. The molecule has 0 aromatic rings. The summed E-state index contributed by atoms with van der Waals surface area (Å²) in [5.74, 6) is -1.34. The molecule has 0 aliphatic rings. The summed E-state index contributed by atoms with van der Waals surface area (Å²) in [5, 5.41) is 0. The second-order valence-electron chi connectivity index (χ2n) is 9.95. The summed E-state index contributed by atoms with van der Waals surface area (Å²) in [6.07, 6.45) is 21.8. The van der Waals surface area contributed by atoms with Crippen LogP contribution < -0.4 is 0 Å². The lowest BCUT2D eigenvalue weighted by Crippen LogP contribution is -2.31. The summed E-state index contributed by atoms with van der Waals surface area (Å²) in [7, 11) is 0. The van der Waals surface area contributed by atoms with E-state index in [4.69, 9.17) is 14.2 Å². The summed E-state index contributed by atoms with van der Waals surface area (Å²) < 4.78 is 15.9. The molecule has 0 aliphatic heterocycles. The fraction of sp³-hybridized carbons (Fsp3) is 0.774. The van der Waals surface area contributed by atoms with Gasteiger partial charge in [-0.05, 0) is 34.1 Å². The first-order valence-electron chi connectivity index (χ1n) is 14.6. The van der Waals surface area contributed by atoms with Crippen LogP contribution in [0.2, 0.25) is 0 Å². The predicted octanol–water partition coefficient (Wildman–Crippen LogP) is 8.18. The van der Waals surface area contributed by atoms with Gasteiger partial charge in [-0.1, -0.05) is 109 Å². The van der Waals surface area contributed by atoms with Gasteiger partial charge in [0.1, 0.15) is 13.2 Å². The van der Waals surface area contributed by atoms with E-state index in [1.165, 1.54) is 77.0 Å². The van der Waals surface area contributed by atoms with E-state index in [9.17, 15) is 14.4 Å². The third-order valence-corrected chi connectivity index (χ3v) is 6.60. The Morgan fingerprint density at radius 2 is 1.00 bits per heavy atom. The van der Waals surface area contributed by atoms with E-state index in [0.717, 1.165) is 19.3 Å². The first-order chi connectivity index (χ1) is 17.8. The number of ether oxygens (including phenoxy) is 3. The second kappa shape index (κ2) is 24.2. The number of carbonyl (C=O) groups excluding carboxylic acids is 3. The number of esters is 3. The highest BCUT2D eigenvalue weighted by atomic mass is 16.6. The van der Waals surface area contributed by atoms with Gasteiger partial charge in [0, 0.05) is 17.6 Å². The van der Waals surface area contributed by atoms with Crippen LogP contribution in [0.4, 0.5) is 0 Å². The maximum absolute atomic E-state index is 12.2. The maximum atomic E-state index is 12.2. The van der Waals surface area contributed by atoms with Crippen molar-refractivity contribution in [2.24, 2.45) is 0 Å². The summed E-state index contributed by atoms with van der Waals surface area (Å²) >= 11 is 0. The largest absolute Gasteiger partial charge is 0.462 e. The van der Waals surface area contributed by atoms with Gasteiger partial charge in [-0.3, -0.25) is 4.79 Å². The van der Waals surface area contributed by atoms with Crippen LogP contribution in [0.5, 0.6) is 0 Å². The molecule has 214 valence electrons. The number of carbonyl (C=O) groups is 3. The molecular weight excluding hydrogens is 468 g/mol. The van der Waals surface area contributed by atoms with Crippen molar-refractivity contribution >= 4 is 17.9 Å². The molecule has 6 nitrogen and oxygen atoms in total. The Morgan fingerprint density at radius 1 is 0.595 bits per heavy atom. The Hall–Kier alpha value is -2.11. The number of hydrogen-bond acceptors (Lipinski definition) is 6. The van der Waals surface area contributed by atoms with E-state index < -0.39 is 18.0 Å². The zero-order chi connectivity index (χ0) is 27.7. The standard InChI is InChI=1S/C31H54O6/c1-6-9-10-11-12-13-14-15-16-17-18-19-20-21-22-23-29(32)35-24-28(37-31(34)27(5)8-3)25-36-30(33)26(4)7-2/h7-8,28H,6,9-25H2,1-5H3/b26-7+,27-8+/t28-/m0/s1. The average molecular weight is 523 g/mol. The fourth-order valence-corrected chi connectivity index (χ4v) is 3.78. The van der Waals surface area contributed by atoms with Crippen LogP contribution in [0.15, 0.2) is 23.3 Å². The van der Waals surface area contributed by atoms with Crippen LogP contribution >= 0.6 is 0 Å². The normalized spacial score (nSPS) is 12.8. The molecule has 0 bridgehead atoms. The van der Waals surface area contributed by atoms with E-state index in [-0.39, 0.29) is 19.2 Å². The highest BCUT2D eigenvalue weighted by Gasteiger charge is 2.20. The van der Waals surface area contributed by atoms with E-state index in [0.29, 0.717) is 17.6 Å². The second-order valence-corrected chi connectivity index (χ2v) is 9.95. The van der Waals surface area contributed by atoms with Crippen molar-refractivity contribution < 1.29 is 28.6 Å². The SMILES string of the molecule is C/C=C(\C)C(=O)OC[C@H](COC(=O)CCCCCCCCCCCCCCCCC)OC(=O)/C(C)=C/C.